The van der Waals surface area contributed by atoms with Crippen molar-refractivity contribution in [1.82, 2.24) is 9.80 Å². The topological polar surface area (TPSA) is 104 Å². The van der Waals surface area contributed by atoms with E-state index in [1.807, 2.05) is 0 Å². The number of ether oxygens (including phenoxy) is 1. The van der Waals surface area contributed by atoms with Gasteiger partial charge in [0, 0.05) is 32.7 Å². The van der Waals surface area contributed by atoms with E-state index in [1.54, 1.807) is 19.0 Å². The summed E-state index contributed by atoms with van der Waals surface area (Å²) >= 11 is 0. The number of nitrogens with zero attached hydrogens (tertiary/aromatic N) is 3. The van der Waals surface area contributed by atoms with Crippen LogP contribution in [0.5, 0.6) is 0 Å². The number of anilines is 1. The number of rotatable bonds is 6. The Balaban J connectivity index is 2.11. The van der Waals surface area contributed by atoms with Crippen molar-refractivity contribution in [2.24, 2.45) is 5.92 Å². The van der Waals surface area contributed by atoms with Crippen molar-refractivity contribution in [3.63, 3.8) is 0 Å². The van der Waals surface area contributed by atoms with Crippen molar-refractivity contribution < 1.29 is 27.5 Å². The van der Waals surface area contributed by atoms with Crippen LogP contribution in [-0.4, -0.2) is 83.1 Å². The molecule has 2 amide bonds. The van der Waals surface area contributed by atoms with Gasteiger partial charge in [0.15, 0.2) is 0 Å². The molecule has 0 saturated carbocycles. The van der Waals surface area contributed by atoms with Crippen LogP contribution in [0.1, 0.15) is 23.2 Å². The van der Waals surface area contributed by atoms with E-state index in [9.17, 15) is 22.8 Å². The van der Waals surface area contributed by atoms with Gasteiger partial charge in [-0.25, -0.2) is 8.42 Å². The molecule has 1 aliphatic heterocycles. The highest BCUT2D eigenvalue weighted by molar-refractivity contribution is 7.92. The average Bonchev–Trinajstić information content (AvgIpc) is 2.70. The van der Waals surface area contributed by atoms with Gasteiger partial charge in [-0.15, -0.1) is 0 Å². The highest BCUT2D eigenvalue weighted by Gasteiger charge is 2.30. The fourth-order valence-corrected chi connectivity index (χ4v) is 4.03. The van der Waals surface area contributed by atoms with E-state index in [2.05, 4.69) is 0 Å². The van der Waals surface area contributed by atoms with Crippen LogP contribution >= 0.6 is 0 Å². The van der Waals surface area contributed by atoms with Crippen LogP contribution in [0.25, 0.3) is 0 Å². The van der Waals surface area contributed by atoms with Crippen LogP contribution in [-0.2, 0) is 24.3 Å². The molecule has 29 heavy (non-hydrogen) atoms. The zero-order valence-corrected chi connectivity index (χ0v) is 17.9. The second-order valence-electron chi connectivity index (χ2n) is 7.19. The van der Waals surface area contributed by atoms with Gasteiger partial charge in [-0.05, 0) is 37.1 Å². The number of sulfonamides is 1. The maximum absolute atomic E-state index is 12.7. The largest absolute Gasteiger partial charge is 0.469 e. The van der Waals surface area contributed by atoms with E-state index < -0.39 is 10.0 Å². The maximum atomic E-state index is 12.7. The molecule has 0 unspecified atom stereocenters. The molecule has 1 aromatic carbocycles. The molecule has 0 aromatic heterocycles. The number of benzene rings is 1. The van der Waals surface area contributed by atoms with Crippen molar-refractivity contribution in [3.05, 3.63) is 29.8 Å². The summed E-state index contributed by atoms with van der Waals surface area (Å²) < 4.78 is 30.3. The van der Waals surface area contributed by atoms with Gasteiger partial charge in [0.25, 0.3) is 5.91 Å². The highest BCUT2D eigenvalue weighted by Crippen LogP contribution is 2.22. The van der Waals surface area contributed by atoms with Crippen LogP contribution in [0.15, 0.2) is 24.3 Å². The molecule has 1 aliphatic rings. The van der Waals surface area contributed by atoms with Crippen molar-refractivity contribution in [3.8, 4) is 0 Å². The minimum absolute atomic E-state index is 0.202. The summed E-state index contributed by atoms with van der Waals surface area (Å²) in [6, 6.07) is 6.08. The van der Waals surface area contributed by atoms with Crippen LogP contribution in [0, 0.1) is 5.92 Å². The quantitative estimate of drug-likeness (QED) is 0.617. The lowest BCUT2D eigenvalue weighted by Gasteiger charge is -2.32. The minimum Gasteiger partial charge on any atom is -0.469 e. The molecule has 160 valence electrons. The first-order valence-electron chi connectivity index (χ1n) is 9.19. The van der Waals surface area contributed by atoms with Gasteiger partial charge in [0.2, 0.25) is 15.9 Å². The zero-order chi connectivity index (χ0) is 21.8. The molecule has 0 aliphatic carbocycles. The van der Waals surface area contributed by atoms with Crippen LogP contribution in [0.4, 0.5) is 5.69 Å². The molecule has 1 saturated heterocycles. The summed E-state index contributed by atoms with van der Waals surface area (Å²) in [4.78, 5) is 39.3. The third kappa shape index (κ3) is 5.69. The van der Waals surface area contributed by atoms with E-state index in [0.717, 1.165) is 10.6 Å². The van der Waals surface area contributed by atoms with Gasteiger partial charge in [-0.3, -0.25) is 18.7 Å². The summed E-state index contributed by atoms with van der Waals surface area (Å²) in [6.07, 6.45) is 2.00. The second-order valence-corrected chi connectivity index (χ2v) is 9.10. The summed E-state index contributed by atoms with van der Waals surface area (Å²) in [6.45, 7) is 0.391. The van der Waals surface area contributed by atoms with Gasteiger partial charge in [0.05, 0.1) is 25.0 Å². The Morgan fingerprint density at radius 1 is 1.10 bits per heavy atom. The lowest BCUT2D eigenvalue weighted by atomic mass is 9.97. The van der Waals surface area contributed by atoms with Crippen molar-refractivity contribution in [1.29, 1.82) is 0 Å². The summed E-state index contributed by atoms with van der Waals surface area (Å²) in [7, 11) is 0.874. The van der Waals surface area contributed by atoms with Crippen molar-refractivity contribution in [2.45, 2.75) is 12.8 Å². The van der Waals surface area contributed by atoms with E-state index in [-0.39, 0.29) is 30.2 Å². The monoisotopic (exact) mass is 425 g/mol. The number of piperidine rings is 1. The SMILES string of the molecule is COC(=O)C1CCN(C(=O)CN(c2ccc(C(=O)N(C)C)cc2)S(C)(=O)=O)CC1. The zero-order valence-electron chi connectivity index (χ0n) is 17.1. The lowest BCUT2D eigenvalue weighted by Crippen LogP contribution is -2.46. The molecule has 0 spiro atoms. The predicted molar refractivity (Wildman–Crippen MR) is 108 cm³/mol. The molecule has 1 fully saturated rings. The molecular weight excluding hydrogens is 398 g/mol. The van der Waals surface area contributed by atoms with Gasteiger partial charge in [-0.2, -0.15) is 0 Å². The standard InChI is InChI=1S/C19H27N3O6S/c1-20(2)18(24)14-5-7-16(8-6-14)22(29(4,26)27)13-17(23)21-11-9-15(10-12-21)19(25)28-3/h5-8,15H,9-13H2,1-4H3. The fraction of sp³-hybridized carbons (Fsp3) is 0.526. The number of esters is 1. The van der Waals surface area contributed by atoms with E-state index in [1.165, 1.54) is 36.3 Å². The van der Waals surface area contributed by atoms with Crippen LogP contribution in [0.3, 0.4) is 0 Å². The number of hydrogen-bond donors (Lipinski definition) is 0. The van der Waals surface area contributed by atoms with E-state index >= 15 is 0 Å². The molecule has 0 atom stereocenters. The molecule has 10 heteroatoms. The van der Waals surface area contributed by atoms with Crippen LogP contribution < -0.4 is 4.31 Å². The summed E-state index contributed by atoms with van der Waals surface area (Å²) in [5.74, 6) is -1.07. The molecule has 0 radical (unpaired) electrons. The first kappa shape index (κ1) is 22.7. The molecule has 0 N–H and O–H groups in total. The Morgan fingerprint density at radius 3 is 2.10 bits per heavy atom. The number of methoxy groups -OCH3 is 1. The normalized spacial score (nSPS) is 15.0. The molecule has 0 bridgehead atoms. The Kier molecular flexibility index (Phi) is 7.23. The summed E-state index contributed by atoms with van der Waals surface area (Å²) in [5.41, 5.74) is 0.726. The summed E-state index contributed by atoms with van der Waals surface area (Å²) in [5, 5.41) is 0. The fourth-order valence-electron chi connectivity index (χ4n) is 3.18. The maximum Gasteiger partial charge on any atom is 0.308 e. The van der Waals surface area contributed by atoms with Crippen molar-refractivity contribution in [2.75, 3.05) is 51.4 Å². The molecule has 9 nitrogen and oxygen atoms in total. The number of amides is 2. The first-order chi connectivity index (χ1) is 13.5. The Hall–Kier alpha value is -2.62. The number of carbonyl (C=O) groups is 3. The number of hydrogen-bond acceptors (Lipinski definition) is 6. The second kappa shape index (κ2) is 9.25. The smallest absolute Gasteiger partial charge is 0.308 e. The third-order valence-electron chi connectivity index (χ3n) is 4.87. The van der Waals surface area contributed by atoms with Gasteiger partial charge < -0.3 is 14.5 Å². The van der Waals surface area contributed by atoms with Gasteiger partial charge in [0.1, 0.15) is 6.54 Å². The Morgan fingerprint density at radius 2 is 1.66 bits per heavy atom. The van der Waals surface area contributed by atoms with E-state index in [4.69, 9.17) is 4.74 Å². The molecular formula is C19H27N3O6S. The number of carbonyl (C=O) groups excluding carboxylic acids is 3. The first-order valence-corrected chi connectivity index (χ1v) is 11.0. The lowest BCUT2D eigenvalue weighted by molar-refractivity contribution is -0.148. The predicted octanol–water partition coefficient (Wildman–Crippen LogP) is 0.566. The highest BCUT2D eigenvalue weighted by atomic mass is 32.2. The van der Waals surface area contributed by atoms with Gasteiger partial charge in [-0.1, -0.05) is 0 Å². The van der Waals surface area contributed by atoms with E-state index in [0.29, 0.717) is 37.2 Å². The molecule has 2 rings (SSSR count). The van der Waals surface area contributed by atoms with Crippen LogP contribution in [0.2, 0.25) is 0 Å². The minimum atomic E-state index is -3.71. The Bertz CT molecular complexity index is 858. The molecule has 1 heterocycles. The third-order valence-corrected chi connectivity index (χ3v) is 6.01. The van der Waals surface area contributed by atoms with Gasteiger partial charge >= 0.3 is 5.97 Å². The molecule has 1 aromatic rings. The van der Waals surface area contributed by atoms with Crippen molar-refractivity contribution >= 4 is 33.5 Å². The average molecular weight is 426 g/mol. The Labute approximate surface area is 171 Å². The number of likely N-dealkylation sites (tertiary alicyclic amines) is 1.